The standard InChI is InChI=1S/C22H18N4O2/c27-22(18-6-4-9-20(15-18)28-19-7-2-1-3-8-19)24-16-17-10-12-23-21(14-17)26-13-5-11-25-26/h1-15H,16H2,(H,24,27). The number of nitrogens with zero attached hydrogens (tertiary/aromatic N) is 3. The number of aromatic nitrogens is 3. The molecular weight excluding hydrogens is 352 g/mol. The molecule has 6 heteroatoms. The van der Waals surface area contributed by atoms with E-state index >= 15 is 0 Å². The fraction of sp³-hybridized carbons (Fsp3) is 0.0455. The quantitative estimate of drug-likeness (QED) is 0.557. The number of carbonyl (C=O) groups excluding carboxylic acids is 1. The molecule has 0 saturated heterocycles. The van der Waals surface area contributed by atoms with Crippen LogP contribution in [-0.2, 0) is 6.54 Å². The second-order valence-corrected chi connectivity index (χ2v) is 6.10. The molecule has 0 saturated carbocycles. The molecule has 4 aromatic rings. The lowest BCUT2D eigenvalue weighted by atomic mass is 10.2. The molecule has 0 atom stereocenters. The van der Waals surface area contributed by atoms with Gasteiger partial charge in [0.1, 0.15) is 11.5 Å². The van der Waals surface area contributed by atoms with Gasteiger partial charge >= 0.3 is 0 Å². The van der Waals surface area contributed by atoms with E-state index in [0.29, 0.717) is 23.7 Å². The van der Waals surface area contributed by atoms with Crippen molar-refractivity contribution in [1.82, 2.24) is 20.1 Å². The molecule has 28 heavy (non-hydrogen) atoms. The highest BCUT2D eigenvalue weighted by Crippen LogP contribution is 2.21. The molecular formula is C22H18N4O2. The van der Waals surface area contributed by atoms with E-state index in [1.807, 2.05) is 60.8 Å². The Morgan fingerprint density at radius 2 is 1.79 bits per heavy atom. The van der Waals surface area contributed by atoms with Gasteiger partial charge in [-0.05, 0) is 54.1 Å². The Balaban J connectivity index is 1.42. The van der Waals surface area contributed by atoms with Gasteiger partial charge in [-0.25, -0.2) is 9.67 Å². The Kier molecular flexibility index (Phi) is 5.11. The van der Waals surface area contributed by atoms with Crippen molar-refractivity contribution in [3.05, 3.63) is 103 Å². The van der Waals surface area contributed by atoms with Crippen LogP contribution >= 0.6 is 0 Å². The molecule has 0 unspecified atom stereocenters. The van der Waals surface area contributed by atoms with Gasteiger partial charge in [0.05, 0.1) is 0 Å². The fourth-order valence-corrected chi connectivity index (χ4v) is 2.71. The summed E-state index contributed by atoms with van der Waals surface area (Å²) >= 11 is 0. The van der Waals surface area contributed by atoms with Crippen molar-refractivity contribution >= 4 is 5.91 Å². The number of hydrogen-bond donors (Lipinski definition) is 1. The van der Waals surface area contributed by atoms with Gasteiger partial charge in [0.2, 0.25) is 0 Å². The maximum absolute atomic E-state index is 12.5. The van der Waals surface area contributed by atoms with Crippen molar-refractivity contribution in [2.24, 2.45) is 0 Å². The minimum atomic E-state index is -0.170. The summed E-state index contributed by atoms with van der Waals surface area (Å²) in [4.78, 5) is 16.8. The SMILES string of the molecule is O=C(NCc1ccnc(-n2cccn2)c1)c1cccc(Oc2ccccc2)c1. The summed E-state index contributed by atoms with van der Waals surface area (Å²) in [6, 6.07) is 22.2. The Morgan fingerprint density at radius 3 is 2.61 bits per heavy atom. The van der Waals surface area contributed by atoms with Gasteiger partial charge in [0.25, 0.3) is 5.91 Å². The number of ether oxygens (including phenoxy) is 1. The molecule has 0 fully saturated rings. The van der Waals surface area contributed by atoms with Gasteiger partial charge in [0, 0.05) is 30.7 Å². The van der Waals surface area contributed by atoms with E-state index in [1.165, 1.54) is 0 Å². The molecule has 6 nitrogen and oxygen atoms in total. The molecule has 1 N–H and O–H groups in total. The first kappa shape index (κ1) is 17.5. The number of pyridine rings is 1. The van der Waals surface area contributed by atoms with Crippen LogP contribution in [-0.4, -0.2) is 20.7 Å². The number of benzene rings is 2. The van der Waals surface area contributed by atoms with Crippen LogP contribution < -0.4 is 10.1 Å². The monoisotopic (exact) mass is 370 g/mol. The summed E-state index contributed by atoms with van der Waals surface area (Å²) in [5, 5.41) is 7.09. The molecule has 4 rings (SSSR count). The molecule has 0 bridgehead atoms. The van der Waals surface area contributed by atoms with Crippen LogP contribution in [0.1, 0.15) is 15.9 Å². The number of para-hydroxylation sites is 1. The zero-order chi connectivity index (χ0) is 19.2. The summed E-state index contributed by atoms with van der Waals surface area (Å²) in [5.41, 5.74) is 1.47. The molecule has 0 aliphatic rings. The molecule has 0 spiro atoms. The number of nitrogens with one attached hydrogen (secondary N) is 1. The lowest BCUT2D eigenvalue weighted by Crippen LogP contribution is -2.22. The van der Waals surface area contributed by atoms with E-state index in [1.54, 1.807) is 35.3 Å². The molecule has 0 radical (unpaired) electrons. The van der Waals surface area contributed by atoms with Crippen LogP contribution in [0, 0.1) is 0 Å². The maximum Gasteiger partial charge on any atom is 0.251 e. The average molecular weight is 370 g/mol. The number of hydrogen-bond acceptors (Lipinski definition) is 4. The third-order valence-electron chi connectivity index (χ3n) is 4.08. The topological polar surface area (TPSA) is 69.0 Å². The molecule has 0 aliphatic carbocycles. The van der Waals surface area contributed by atoms with E-state index in [2.05, 4.69) is 15.4 Å². The summed E-state index contributed by atoms with van der Waals surface area (Å²) in [7, 11) is 0. The minimum Gasteiger partial charge on any atom is -0.457 e. The van der Waals surface area contributed by atoms with Gasteiger partial charge in [-0.2, -0.15) is 5.10 Å². The molecule has 2 aromatic heterocycles. The summed E-state index contributed by atoms with van der Waals surface area (Å²) in [6.45, 7) is 0.388. The maximum atomic E-state index is 12.5. The van der Waals surface area contributed by atoms with Crippen molar-refractivity contribution in [1.29, 1.82) is 0 Å². The second kappa shape index (κ2) is 8.18. The molecule has 0 aliphatic heterocycles. The zero-order valence-electron chi connectivity index (χ0n) is 15.0. The highest BCUT2D eigenvalue weighted by molar-refractivity contribution is 5.94. The van der Waals surface area contributed by atoms with Crippen molar-refractivity contribution in [2.75, 3.05) is 0 Å². The van der Waals surface area contributed by atoms with Crippen molar-refractivity contribution in [3.63, 3.8) is 0 Å². The first-order valence-corrected chi connectivity index (χ1v) is 8.84. The Labute approximate surface area is 162 Å². The van der Waals surface area contributed by atoms with Gasteiger partial charge in [-0.15, -0.1) is 0 Å². The largest absolute Gasteiger partial charge is 0.457 e. The van der Waals surface area contributed by atoms with E-state index in [-0.39, 0.29) is 5.91 Å². The Bertz CT molecular complexity index is 1060. The first-order chi connectivity index (χ1) is 13.8. The molecule has 2 heterocycles. The third-order valence-corrected chi connectivity index (χ3v) is 4.08. The predicted molar refractivity (Wildman–Crippen MR) is 105 cm³/mol. The second-order valence-electron chi connectivity index (χ2n) is 6.10. The van der Waals surface area contributed by atoms with E-state index < -0.39 is 0 Å². The Morgan fingerprint density at radius 1 is 0.929 bits per heavy atom. The smallest absolute Gasteiger partial charge is 0.251 e. The lowest BCUT2D eigenvalue weighted by molar-refractivity contribution is 0.0950. The highest BCUT2D eigenvalue weighted by Gasteiger charge is 2.08. The molecule has 2 aromatic carbocycles. The zero-order valence-corrected chi connectivity index (χ0v) is 15.0. The first-order valence-electron chi connectivity index (χ1n) is 8.84. The molecule has 1 amide bonds. The van der Waals surface area contributed by atoms with Crippen LogP contribution in [0.3, 0.4) is 0 Å². The van der Waals surface area contributed by atoms with Crippen LogP contribution in [0.5, 0.6) is 11.5 Å². The van der Waals surface area contributed by atoms with Crippen molar-refractivity contribution in [2.45, 2.75) is 6.54 Å². The average Bonchev–Trinajstić information content (AvgIpc) is 3.28. The highest BCUT2D eigenvalue weighted by atomic mass is 16.5. The third kappa shape index (κ3) is 4.24. The van der Waals surface area contributed by atoms with E-state index in [9.17, 15) is 4.79 Å². The lowest BCUT2D eigenvalue weighted by Gasteiger charge is -2.09. The molecule has 138 valence electrons. The number of rotatable bonds is 6. The van der Waals surface area contributed by atoms with Crippen LogP contribution in [0.25, 0.3) is 5.82 Å². The van der Waals surface area contributed by atoms with Crippen molar-refractivity contribution < 1.29 is 9.53 Å². The van der Waals surface area contributed by atoms with Gasteiger partial charge in [-0.1, -0.05) is 24.3 Å². The minimum absolute atomic E-state index is 0.170. The van der Waals surface area contributed by atoms with Crippen LogP contribution in [0.4, 0.5) is 0 Å². The van der Waals surface area contributed by atoms with Crippen LogP contribution in [0.15, 0.2) is 91.4 Å². The number of carbonyl (C=O) groups is 1. The van der Waals surface area contributed by atoms with Gasteiger partial charge < -0.3 is 10.1 Å². The van der Waals surface area contributed by atoms with E-state index in [4.69, 9.17) is 4.74 Å². The van der Waals surface area contributed by atoms with Crippen LogP contribution in [0.2, 0.25) is 0 Å². The summed E-state index contributed by atoms with van der Waals surface area (Å²) < 4.78 is 7.47. The van der Waals surface area contributed by atoms with Gasteiger partial charge in [0.15, 0.2) is 5.82 Å². The summed E-state index contributed by atoms with van der Waals surface area (Å²) in [6.07, 6.45) is 5.22. The van der Waals surface area contributed by atoms with Crippen molar-refractivity contribution in [3.8, 4) is 17.3 Å². The van der Waals surface area contributed by atoms with E-state index in [0.717, 1.165) is 11.3 Å². The van der Waals surface area contributed by atoms with Gasteiger partial charge in [-0.3, -0.25) is 4.79 Å². The normalized spacial score (nSPS) is 10.4. The predicted octanol–water partition coefficient (Wildman–Crippen LogP) is 3.99. The fourth-order valence-electron chi connectivity index (χ4n) is 2.71. The number of amides is 1. The Hall–Kier alpha value is -3.93. The summed E-state index contributed by atoms with van der Waals surface area (Å²) in [5.74, 6) is 1.87.